The van der Waals surface area contributed by atoms with Gasteiger partial charge < -0.3 is 14.8 Å². The Labute approximate surface area is 157 Å². The Morgan fingerprint density at radius 3 is 2.65 bits per heavy atom. The van der Waals surface area contributed by atoms with Crippen LogP contribution >= 0.6 is 11.6 Å². The molecule has 0 saturated carbocycles. The number of hydrogen-bond donors (Lipinski definition) is 1. The summed E-state index contributed by atoms with van der Waals surface area (Å²) in [6, 6.07) is 12.5. The Bertz CT molecular complexity index is 885. The normalized spacial score (nSPS) is 10.8. The number of hydrogen-bond acceptors (Lipinski definition) is 4. The molecule has 2 aromatic rings. The minimum Gasteiger partial charge on any atom is -0.493 e. The number of rotatable bonds is 6. The lowest BCUT2D eigenvalue weighted by molar-refractivity contribution is -0.112. The molecule has 1 N–H and O–H groups in total. The number of carbonyl (C=O) groups is 1. The second kappa shape index (κ2) is 8.93. The van der Waals surface area contributed by atoms with Gasteiger partial charge in [-0.25, -0.2) is 0 Å². The molecule has 0 aliphatic rings. The van der Waals surface area contributed by atoms with Crippen molar-refractivity contribution in [1.82, 2.24) is 0 Å². The zero-order chi connectivity index (χ0) is 19.1. The fraction of sp³-hybridized carbons (Fsp3) is 0.200. The predicted molar refractivity (Wildman–Crippen MR) is 103 cm³/mol. The Morgan fingerprint density at radius 2 is 2.04 bits per heavy atom. The molecule has 0 aliphatic carbocycles. The largest absolute Gasteiger partial charge is 0.493 e. The van der Waals surface area contributed by atoms with E-state index in [1.54, 1.807) is 18.2 Å². The number of amides is 1. The van der Waals surface area contributed by atoms with Gasteiger partial charge in [-0.05, 0) is 43.2 Å². The Kier molecular flexibility index (Phi) is 6.65. The van der Waals surface area contributed by atoms with Crippen molar-refractivity contribution in [3.05, 3.63) is 58.1 Å². The SMILES string of the molecule is CCOc1cc(Cl)c(/C=C(\C#N)C(=O)Nc2ccccc2C)cc1OC. The first kappa shape index (κ1) is 19.4. The van der Waals surface area contributed by atoms with Crippen LogP contribution in [0.4, 0.5) is 5.69 Å². The van der Waals surface area contributed by atoms with Crippen LogP contribution in [0.25, 0.3) is 6.08 Å². The summed E-state index contributed by atoms with van der Waals surface area (Å²) in [6.07, 6.45) is 1.42. The number of anilines is 1. The van der Waals surface area contributed by atoms with Crippen LogP contribution in [0.15, 0.2) is 42.0 Å². The van der Waals surface area contributed by atoms with E-state index in [9.17, 15) is 10.1 Å². The van der Waals surface area contributed by atoms with Gasteiger partial charge in [-0.2, -0.15) is 5.26 Å². The van der Waals surface area contributed by atoms with Crippen molar-refractivity contribution in [2.24, 2.45) is 0 Å². The number of nitrogens with zero attached hydrogens (tertiary/aromatic N) is 1. The molecule has 0 unspecified atom stereocenters. The Balaban J connectivity index is 2.35. The van der Waals surface area contributed by atoms with Crippen LogP contribution in [-0.2, 0) is 4.79 Å². The fourth-order valence-electron chi connectivity index (χ4n) is 2.30. The van der Waals surface area contributed by atoms with Crippen LogP contribution in [0, 0.1) is 18.3 Å². The molecule has 26 heavy (non-hydrogen) atoms. The highest BCUT2D eigenvalue weighted by Gasteiger charge is 2.14. The molecular weight excluding hydrogens is 352 g/mol. The average Bonchev–Trinajstić information content (AvgIpc) is 2.63. The Morgan fingerprint density at radius 1 is 1.31 bits per heavy atom. The summed E-state index contributed by atoms with van der Waals surface area (Å²) in [5.74, 6) is 0.463. The van der Waals surface area contributed by atoms with Crippen molar-refractivity contribution in [1.29, 1.82) is 5.26 Å². The van der Waals surface area contributed by atoms with Crippen molar-refractivity contribution < 1.29 is 14.3 Å². The van der Waals surface area contributed by atoms with Crippen molar-refractivity contribution in [3.8, 4) is 17.6 Å². The number of nitrogens with one attached hydrogen (secondary N) is 1. The van der Waals surface area contributed by atoms with E-state index in [2.05, 4.69) is 5.32 Å². The van der Waals surface area contributed by atoms with Crippen LogP contribution in [0.5, 0.6) is 11.5 Å². The highest BCUT2D eigenvalue weighted by atomic mass is 35.5. The van der Waals surface area contributed by atoms with E-state index >= 15 is 0 Å². The molecule has 2 aromatic carbocycles. The molecule has 5 nitrogen and oxygen atoms in total. The minimum atomic E-state index is -0.509. The number of carbonyl (C=O) groups excluding carboxylic acids is 1. The van der Waals surface area contributed by atoms with E-state index < -0.39 is 5.91 Å². The summed E-state index contributed by atoms with van der Waals surface area (Å²) in [5, 5.41) is 12.5. The van der Waals surface area contributed by atoms with E-state index in [1.165, 1.54) is 13.2 Å². The number of aryl methyl sites for hydroxylation is 1. The number of para-hydroxylation sites is 1. The summed E-state index contributed by atoms with van der Waals surface area (Å²) in [7, 11) is 1.51. The summed E-state index contributed by atoms with van der Waals surface area (Å²) in [6.45, 7) is 4.19. The second-order valence-corrected chi connectivity index (χ2v) is 5.80. The topological polar surface area (TPSA) is 71.3 Å². The quantitative estimate of drug-likeness (QED) is 0.595. The van der Waals surface area contributed by atoms with Crippen molar-refractivity contribution in [3.63, 3.8) is 0 Å². The van der Waals surface area contributed by atoms with Gasteiger partial charge in [-0.1, -0.05) is 29.8 Å². The molecule has 0 saturated heterocycles. The highest BCUT2D eigenvalue weighted by molar-refractivity contribution is 6.32. The third kappa shape index (κ3) is 4.56. The van der Waals surface area contributed by atoms with Crippen LogP contribution in [0.2, 0.25) is 5.02 Å². The van der Waals surface area contributed by atoms with Crippen molar-refractivity contribution in [2.75, 3.05) is 19.0 Å². The maximum Gasteiger partial charge on any atom is 0.266 e. The van der Waals surface area contributed by atoms with Crippen molar-refractivity contribution >= 4 is 29.3 Å². The summed E-state index contributed by atoms with van der Waals surface area (Å²) >= 11 is 6.26. The Hall–Kier alpha value is -2.97. The van der Waals surface area contributed by atoms with Crippen molar-refractivity contribution in [2.45, 2.75) is 13.8 Å². The zero-order valence-electron chi connectivity index (χ0n) is 14.8. The minimum absolute atomic E-state index is 0.0682. The zero-order valence-corrected chi connectivity index (χ0v) is 15.6. The molecular formula is C20H19ClN2O3. The van der Waals surface area contributed by atoms with Crippen LogP contribution in [-0.4, -0.2) is 19.6 Å². The molecule has 2 rings (SSSR count). The maximum atomic E-state index is 12.4. The van der Waals surface area contributed by atoms with Gasteiger partial charge in [0.25, 0.3) is 5.91 Å². The molecule has 0 spiro atoms. The highest BCUT2D eigenvalue weighted by Crippen LogP contribution is 2.34. The van der Waals surface area contributed by atoms with Gasteiger partial charge >= 0.3 is 0 Å². The molecule has 134 valence electrons. The first-order chi connectivity index (χ1) is 12.5. The number of halogens is 1. The van der Waals surface area contributed by atoms with Gasteiger partial charge in [0.1, 0.15) is 11.6 Å². The first-order valence-corrected chi connectivity index (χ1v) is 8.37. The molecule has 1 amide bonds. The fourth-order valence-corrected chi connectivity index (χ4v) is 2.50. The third-order valence-electron chi connectivity index (χ3n) is 3.64. The van der Waals surface area contributed by atoms with Crippen LogP contribution in [0.3, 0.4) is 0 Å². The third-order valence-corrected chi connectivity index (χ3v) is 3.97. The standard InChI is InChI=1S/C20H19ClN2O3/c1-4-26-19-11-16(21)14(10-18(19)25-3)9-15(12-22)20(24)23-17-8-6-5-7-13(17)2/h5-11H,4H2,1-3H3,(H,23,24)/b15-9+. The van der Waals surface area contributed by atoms with Gasteiger partial charge in [0.05, 0.1) is 18.7 Å². The predicted octanol–water partition coefficient (Wildman–Crippen LogP) is 4.60. The molecule has 0 aromatic heterocycles. The van der Waals surface area contributed by atoms with E-state index in [-0.39, 0.29) is 5.57 Å². The van der Waals surface area contributed by atoms with Gasteiger partial charge in [0.2, 0.25) is 0 Å². The summed E-state index contributed by atoms with van der Waals surface area (Å²) in [4.78, 5) is 12.4. The monoisotopic (exact) mass is 370 g/mol. The van der Waals surface area contributed by atoms with Gasteiger partial charge in [-0.15, -0.1) is 0 Å². The average molecular weight is 371 g/mol. The molecule has 0 atom stereocenters. The lowest BCUT2D eigenvalue weighted by Crippen LogP contribution is -2.14. The number of nitriles is 1. The second-order valence-electron chi connectivity index (χ2n) is 5.40. The lowest BCUT2D eigenvalue weighted by atomic mass is 10.1. The number of benzene rings is 2. The van der Waals surface area contributed by atoms with Gasteiger partial charge in [0, 0.05) is 11.8 Å². The molecule has 0 fully saturated rings. The maximum absolute atomic E-state index is 12.4. The molecule has 0 heterocycles. The van der Waals surface area contributed by atoms with E-state index in [4.69, 9.17) is 21.1 Å². The van der Waals surface area contributed by atoms with Gasteiger partial charge in [0.15, 0.2) is 11.5 Å². The summed E-state index contributed by atoms with van der Waals surface area (Å²) < 4.78 is 10.7. The first-order valence-electron chi connectivity index (χ1n) is 7.99. The van der Waals surface area contributed by atoms with E-state index in [1.807, 2.05) is 38.1 Å². The molecule has 0 bridgehead atoms. The van der Waals surface area contributed by atoms with Crippen LogP contribution in [0.1, 0.15) is 18.1 Å². The molecule has 6 heteroatoms. The van der Waals surface area contributed by atoms with E-state index in [0.717, 1.165) is 5.56 Å². The molecule has 0 radical (unpaired) electrons. The number of ether oxygens (including phenoxy) is 2. The van der Waals surface area contributed by atoms with Gasteiger partial charge in [-0.3, -0.25) is 4.79 Å². The van der Waals surface area contributed by atoms with Crippen LogP contribution < -0.4 is 14.8 Å². The lowest BCUT2D eigenvalue weighted by Gasteiger charge is -2.12. The smallest absolute Gasteiger partial charge is 0.266 e. The summed E-state index contributed by atoms with van der Waals surface area (Å²) in [5.41, 5.74) is 1.97. The van der Waals surface area contributed by atoms with E-state index in [0.29, 0.717) is 34.4 Å². The molecule has 0 aliphatic heterocycles. The number of methoxy groups -OCH3 is 1.